The maximum absolute atomic E-state index is 12.7. The van der Waals surface area contributed by atoms with E-state index < -0.39 is 11.5 Å². The number of hydrogen-bond donors (Lipinski definition) is 3. The Morgan fingerprint density at radius 2 is 2.27 bits per heavy atom. The molecule has 4 N–H and O–H groups in total. The minimum absolute atomic E-state index is 0.0141. The van der Waals surface area contributed by atoms with Crippen molar-refractivity contribution in [2.45, 2.75) is 32.0 Å². The van der Waals surface area contributed by atoms with Crippen LogP contribution in [-0.4, -0.2) is 52.5 Å². The van der Waals surface area contributed by atoms with Gasteiger partial charge in [-0.05, 0) is 26.0 Å². The average molecular weight is 413 g/mol. The van der Waals surface area contributed by atoms with Gasteiger partial charge < -0.3 is 20.3 Å². The van der Waals surface area contributed by atoms with Gasteiger partial charge in [0.2, 0.25) is 5.88 Å². The molecule has 0 bridgehead atoms. The average Bonchev–Trinajstić information content (AvgIpc) is 3.19. The van der Waals surface area contributed by atoms with Crippen molar-refractivity contribution in [3.63, 3.8) is 0 Å². The number of carbonyl (C=O) groups excluding carboxylic acids is 1. The molecule has 1 amide bonds. The number of aromatic nitrogens is 2. The number of nitrogens with zero attached hydrogens (tertiary/aromatic N) is 3. The number of amides is 1. The molecule has 1 aromatic carbocycles. The molecule has 0 spiro atoms. The highest BCUT2D eigenvalue weighted by atomic mass is 16.7. The second kappa shape index (κ2) is 9.04. The highest BCUT2D eigenvalue weighted by Crippen LogP contribution is 2.28. The first-order valence-electron chi connectivity index (χ1n) is 9.34. The lowest BCUT2D eigenvalue weighted by molar-refractivity contribution is -0.0523. The summed E-state index contributed by atoms with van der Waals surface area (Å²) in [4.78, 5) is 26.3. The highest BCUT2D eigenvalue weighted by molar-refractivity contribution is 6.00. The van der Waals surface area contributed by atoms with Crippen LogP contribution in [0.4, 0.5) is 5.82 Å². The van der Waals surface area contributed by atoms with Gasteiger partial charge in [0.15, 0.2) is 5.82 Å². The molecule has 10 heteroatoms. The normalized spacial score (nSPS) is 16.1. The van der Waals surface area contributed by atoms with Gasteiger partial charge in [0.25, 0.3) is 5.91 Å². The van der Waals surface area contributed by atoms with Crippen molar-refractivity contribution in [1.29, 1.82) is 5.26 Å². The van der Waals surface area contributed by atoms with Gasteiger partial charge >= 0.3 is 0 Å². The minimum atomic E-state index is -1.13. The Bertz CT molecular complexity index is 961. The Labute approximate surface area is 173 Å². The Morgan fingerprint density at radius 3 is 2.93 bits per heavy atom. The van der Waals surface area contributed by atoms with Crippen LogP contribution in [-0.2, 0) is 9.57 Å². The fraction of sp³-hybridized carbons (Fsp3) is 0.400. The lowest BCUT2D eigenvalue weighted by Crippen LogP contribution is -2.34. The lowest BCUT2D eigenvalue weighted by atomic mass is 10.1. The van der Waals surface area contributed by atoms with E-state index in [2.05, 4.69) is 21.5 Å². The first-order valence-corrected chi connectivity index (χ1v) is 9.34. The van der Waals surface area contributed by atoms with Gasteiger partial charge in [-0.2, -0.15) is 10.2 Å². The molecule has 1 saturated heterocycles. The largest absolute Gasteiger partial charge is 0.471 e. The number of rotatable bonds is 7. The molecule has 1 aliphatic rings. The molecular formula is C20H23N5O5. The maximum Gasteiger partial charge on any atom is 0.284 e. The first kappa shape index (κ1) is 21.4. The van der Waals surface area contributed by atoms with E-state index in [4.69, 9.17) is 25.3 Å². The zero-order valence-electron chi connectivity index (χ0n) is 16.7. The fourth-order valence-electron chi connectivity index (χ4n) is 2.71. The molecule has 2 heterocycles. The molecule has 158 valence electrons. The number of nitrogens with one attached hydrogen (secondary N) is 1. The summed E-state index contributed by atoms with van der Waals surface area (Å²) < 4.78 is 11.2. The number of nitrogen functional groups attached to an aromatic ring is 1. The number of carbonyl (C=O) groups is 1. The molecule has 30 heavy (non-hydrogen) atoms. The van der Waals surface area contributed by atoms with Crippen molar-refractivity contribution in [1.82, 2.24) is 15.4 Å². The molecule has 3 rings (SSSR count). The second-order valence-electron chi connectivity index (χ2n) is 7.44. The number of hydrogen-bond acceptors (Lipinski definition) is 9. The molecule has 1 aromatic heterocycles. The Morgan fingerprint density at radius 1 is 1.47 bits per heavy atom. The smallest absolute Gasteiger partial charge is 0.284 e. The quantitative estimate of drug-likeness (QED) is 0.568. The SMILES string of the molecule is CC(C)(O)CONC(=O)c1c(N)nc(-c2cccc(C#N)c2)nc1O[C@H]1CCOC1. The highest BCUT2D eigenvalue weighted by Gasteiger charge is 2.26. The van der Waals surface area contributed by atoms with E-state index in [-0.39, 0.29) is 35.8 Å². The summed E-state index contributed by atoms with van der Waals surface area (Å²) >= 11 is 0. The van der Waals surface area contributed by atoms with Crippen LogP contribution >= 0.6 is 0 Å². The van der Waals surface area contributed by atoms with Crippen LogP contribution in [0.2, 0.25) is 0 Å². The van der Waals surface area contributed by atoms with E-state index in [0.717, 1.165) is 0 Å². The van der Waals surface area contributed by atoms with Crippen molar-refractivity contribution < 1.29 is 24.2 Å². The van der Waals surface area contributed by atoms with Crippen LogP contribution in [0.25, 0.3) is 11.4 Å². The summed E-state index contributed by atoms with van der Waals surface area (Å²) in [6, 6.07) is 8.75. The van der Waals surface area contributed by atoms with Crippen molar-refractivity contribution in [3.8, 4) is 23.3 Å². The molecule has 1 fully saturated rings. The number of aliphatic hydroxyl groups is 1. The topological polar surface area (TPSA) is 153 Å². The first-order chi connectivity index (χ1) is 14.3. The van der Waals surface area contributed by atoms with Crippen LogP contribution in [0.5, 0.6) is 5.88 Å². The van der Waals surface area contributed by atoms with Crippen molar-refractivity contribution in [2.24, 2.45) is 0 Å². The third-order valence-electron chi connectivity index (χ3n) is 4.14. The molecule has 0 radical (unpaired) electrons. The minimum Gasteiger partial charge on any atom is -0.471 e. The van der Waals surface area contributed by atoms with Crippen LogP contribution < -0.4 is 16.0 Å². The maximum atomic E-state index is 12.7. The number of benzene rings is 1. The van der Waals surface area contributed by atoms with Crippen molar-refractivity contribution in [2.75, 3.05) is 25.6 Å². The van der Waals surface area contributed by atoms with E-state index in [1.807, 2.05) is 0 Å². The van der Waals surface area contributed by atoms with E-state index in [1.165, 1.54) is 13.8 Å². The summed E-state index contributed by atoms with van der Waals surface area (Å²) in [5.41, 5.74) is 8.06. The van der Waals surface area contributed by atoms with E-state index in [0.29, 0.717) is 30.8 Å². The number of ether oxygens (including phenoxy) is 2. The number of hydroxylamine groups is 1. The monoisotopic (exact) mass is 413 g/mol. The van der Waals surface area contributed by atoms with Crippen LogP contribution in [0.15, 0.2) is 24.3 Å². The molecular weight excluding hydrogens is 390 g/mol. The molecule has 2 aromatic rings. The molecule has 0 aliphatic carbocycles. The van der Waals surface area contributed by atoms with E-state index >= 15 is 0 Å². The number of nitriles is 1. The van der Waals surface area contributed by atoms with Crippen LogP contribution in [0.1, 0.15) is 36.2 Å². The third-order valence-corrected chi connectivity index (χ3v) is 4.14. The van der Waals surface area contributed by atoms with Gasteiger partial charge in [-0.25, -0.2) is 10.5 Å². The number of nitrogens with two attached hydrogens (primary N) is 1. The van der Waals surface area contributed by atoms with Gasteiger partial charge in [0.05, 0.1) is 30.4 Å². The summed E-state index contributed by atoms with van der Waals surface area (Å²) in [7, 11) is 0. The Kier molecular flexibility index (Phi) is 6.47. The van der Waals surface area contributed by atoms with Gasteiger partial charge in [-0.15, -0.1) is 0 Å². The molecule has 1 aliphatic heterocycles. The van der Waals surface area contributed by atoms with E-state index in [1.54, 1.807) is 24.3 Å². The molecule has 10 nitrogen and oxygen atoms in total. The van der Waals surface area contributed by atoms with Crippen LogP contribution in [0.3, 0.4) is 0 Å². The van der Waals surface area contributed by atoms with Gasteiger partial charge in [-0.1, -0.05) is 12.1 Å². The van der Waals surface area contributed by atoms with Gasteiger partial charge in [0, 0.05) is 12.0 Å². The zero-order chi connectivity index (χ0) is 21.7. The Hall–Kier alpha value is -3.26. The Balaban J connectivity index is 1.94. The summed E-state index contributed by atoms with van der Waals surface area (Å²) in [6.07, 6.45) is 0.348. The van der Waals surface area contributed by atoms with Gasteiger partial charge in [0.1, 0.15) is 24.1 Å². The van der Waals surface area contributed by atoms with E-state index in [9.17, 15) is 9.90 Å². The number of anilines is 1. The third kappa shape index (κ3) is 5.42. The standard InChI is InChI=1S/C20H23N5O5/c1-20(2,27)11-29-25-18(26)15-16(22)23-17(13-5-3-4-12(8-13)9-21)24-19(15)30-14-6-7-28-10-14/h3-5,8,14,27H,6-7,10-11H2,1-2H3,(H,25,26)(H2,22,23,24)/t14-/m0/s1. The lowest BCUT2D eigenvalue weighted by Gasteiger charge is -2.19. The summed E-state index contributed by atoms with van der Waals surface area (Å²) in [5.74, 6) is -0.615. The molecule has 0 saturated carbocycles. The molecule has 0 unspecified atom stereocenters. The summed E-state index contributed by atoms with van der Waals surface area (Å²) in [5, 5.41) is 18.8. The van der Waals surface area contributed by atoms with Crippen LogP contribution in [0, 0.1) is 11.3 Å². The fourth-order valence-corrected chi connectivity index (χ4v) is 2.71. The van der Waals surface area contributed by atoms with Gasteiger partial charge in [-0.3, -0.25) is 9.63 Å². The summed E-state index contributed by atoms with van der Waals surface area (Å²) in [6.45, 7) is 3.84. The zero-order valence-corrected chi connectivity index (χ0v) is 16.7. The second-order valence-corrected chi connectivity index (χ2v) is 7.44. The predicted octanol–water partition coefficient (Wildman–Crippen LogP) is 1.20. The predicted molar refractivity (Wildman–Crippen MR) is 106 cm³/mol. The molecule has 1 atom stereocenters. The van der Waals surface area contributed by atoms with Crippen molar-refractivity contribution >= 4 is 11.7 Å². The van der Waals surface area contributed by atoms with Crippen molar-refractivity contribution in [3.05, 3.63) is 35.4 Å².